The largest absolute Gasteiger partial charge is 0.325 e. The van der Waals surface area contributed by atoms with Crippen molar-refractivity contribution in [2.45, 2.75) is 26.3 Å². The van der Waals surface area contributed by atoms with Crippen LogP contribution in [0.15, 0.2) is 24.3 Å². The van der Waals surface area contributed by atoms with Gasteiger partial charge in [0.1, 0.15) is 0 Å². The second-order valence-electron chi connectivity index (χ2n) is 4.45. The molecule has 17 heavy (non-hydrogen) atoms. The molecule has 0 heterocycles. The topological polar surface area (TPSA) is 55.1 Å². The number of nitrogens with one attached hydrogen (secondary N) is 1. The molecule has 0 aliphatic carbocycles. The van der Waals surface area contributed by atoms with Gasteiger partial charge in [0.15, 0.2) is 0 Å². The van der Waals surface area contributed by atoms with Crippen LogP contribution in [0.2, 0.25) is 0 Å². The van der Waals surface area contributed by atoms with Gasteiger partial charge in [0.2, 0.25) is 5.91 Å². The van der Waals surface area contributed by atoms with Gasteiger partial charge in [-0.3, -0.25) is 4.79 Å². The number of carbonyl (C=O) groups is 1. The molecule has 0 aromatic heterocycles. The number of rotatable bonds is 4. The second-order valence-corrected chi connectivity index (χ2v) is 4.45. The Hall–Kier alpha value is -1.79. The van der Waals surface area contributed by atoms with E-state index in [0.29, 0.717) is 18.0 Å². The number of carbonyl (C=O) groups excluding carboxylic acids is 1. The van der Waals surface area contributed by atoms with Crippen molar-refractivity contribution in [1.82, 2.24) is 0 Å². The highest BCUT2D eigenvalue weighted by atomic mass is 16.2. The zero-order valence-electron chi connectivity index (χ0n) is 10.2. The fourth-order valence-corrected chi connectivity index (χ4v) is 1.54. The molecule has 0 aliphatic rings. The van der Waals surface area contributed by atoms with Gasteiger partial charge in [0, 0.05) is 11.3 Å². The smallest absolute Gasteiger partial charge is 0.241 e. The molecule has 0 aliphatic heterocycles. The van der Waals surface area contributed by atoms with Gasteiger partial charge < -0.3 is 11.1 Å². The monoisotopic (exact) mass is 230 g/mol. The summed E-state index contributed by atoms with van der Waals surface area (Å²) in [6.45, 7) is 4.07. The lowest BCUT2D eigenvalue weighted by atomic mass is 10.0. The van der Waals surface area contributed by atoms with Crippen LogP contribution in [0.4, 0.5) is 5.69 Å². The highest BCUT2D eigenvalue weighted by molar-refractivity contribution is 5.94. The quantitative estimate of drug-likeness (QED) is 0.777. The Morgan fingerprint density at radius 3 is 2.82 bits per heavy atom. The molecular weight excluding hydrogens is 212 g/mol. The number of hydrogen-bond donors (Lipinski definition) is 2. The Bertz CT molecular complexity index is 432. The van der Waals surface area contributed by atoms with Crippen molar-refractivity contribution < 1.29 is 4.79 Å². The molecule has 3 N–H and O–H groups in total. The predicted octanol–water partition coefficient (Wildman–Crippen LogP) is 1.98. The maximum Gasteiger partial charge on any atom is 0.241 e. The van der Waals surface area contributed by atoms with Gasteiger partial charge >= 0.3 is 0 Å². The van der Waals surface area contributed by atoms with Crippen LogP contribution in [0, 0.1) is 18.3 Å². The fraction of sp³-hybridized carbons (Fsp3) is 0.357. The van der Waals surface area contributed by atoms with Gasteiger partial charge in [0.05, 0.1) is 6.04 Å². The number of nitrogens with two attached hydrogens (primary N) is 1. The van der Waals surface area contributed by atoms with E-state index < -0.39 is 6.04 Å². The lowest BCUT2D eigenvalue weighted by Crippen LogP contribution is -2.36. The van der Waals surface area contributed by atoms with Crippen molar-refractivity contribution in [2.75, 3.05) is 5.32 Å². The molecule has 90 valence electrons. The van der Waals surface area contributed by atoms with Gasteiger partial charge in [-0.1, -0.05) is 25.8 Å². The van der Waals surface area contributed by atoms with E-state index in [2.05, 4.69) is 11.2 Å². The van der Waals surface area contributed by atoms with Gasteiger partial charge in [-0.15, -0.1) is 6.42 Å². The van der Waals surface area contributed by atoms with Crippen LogP contribution in [-0.2, 0) is 4.79 Å². The highest BCUT2D eigenvalue weighted by Gasteiger charge is 2.14. The Labute approximate surface area is 102 Å². The normalized spacial score (nSPS) is 11.9. The van der Waals surface area contributed by atoms with Crippen LogP contribution in [0.1, 0.15) is 25.8 Å². The maximum atomic E-state index is 11.8. The van der Waals surface area contributed by atoms with Crippen LogP contribution in [0.5, 0.6) is 0 Å². The third kappa shape index (κ3) is 4.29. The summed E-state index contributed by atoms with van der Waals surface area (Å²) in [4.78, 5) is 11.8. The van der Waals surface area contributed by atoms with E-state index in [1.54, 1.807) is 18.2 Å². The second kappa shape index (κ2) is 6.07. The third-order valence-electron chi connectivity index (χ3n) is 2.36. The maximum absolute atomic E-state index is 11.8. The van der Waals surface area contributed by atoms with E-state index in [4.69, 9.17) is 12.2 Å². The summed E-state index contributed by atoms with van der Waals surface area (Å²) in [5, 5.41) is 2.76. The summed E-state index contributed by atoms with van der Waals surface area (Å²) >= 11 is 0. The summed E-state index contributed by atoms with van der Waals surface area (Å²) in [6, 6.07) is 6.67. The lowest BCUT2D eigenvalue weighted by molar-refractivity contribution is -0.117. The molecule has 3 nitrogen and oxygen atoms in total. The first-order chi connectivity index (χ1) is 8.02. The molecule has 0 saturated carbocycles. The average molecular weight is 230 g/mol. The molecule has 0 spiro atoms. The number of amides is 1. The molecule has 1 atom stereocenters. The summed E-state index contributed by atoms with van der Waals surface area (Å²) < 4.78 is 0. The zero-order valence-corrected chi connectivity index (χ0v) is 10.2. The Morgan fingerprint density at radius 2 is 2.24 bits per heavy atom. The molecule has 1 rings (SSSR count). The van der Waals surface area contributed by atoms with E-state index in [1.807, 2.05) is 19.9 Å². The molecule has 1 unspecified atom stereocenters. The van der Waals surface area contributed by atoms with Crippen molar-refractivity contribution >= 4 is 11.6 Å². The van der Waals surface area contributed by atoms with E-state index in [9.17, 15) is 4.79 Å². The zero-order chi connectivity index (χ0) is 12.8. The van der Waals surface area contributed by atoms with Crippen molar-refractivity contribution in [1.29, 1.82) is 0 Å². The molecule has 0 bridgehead atoms. The molecule has 1 aromatic rings. The number of anilines is 1. The highest BCUT2D eigenvalue weighted by Crippen LogP contribution is 2.11. The summed E-state index contributed by atoms with van der Waals surface area (Å²) in [6.07, 6.45) is 5.96. The first-order valence-electron chi connectivity index (χ1n) is 5.66. The Balaban J connectivity index is 2.65. The van der Waals surface area contributed by atoms with Crippen molar-refractivity contribution in [2.24, 2.45) is 11.7 Å². The lowest BCUT2D eigenvalue weighted by Gasteiger charge is -2.14. The Kier molecular flexibility index (Phi) is 4.74. The van der Waals surface area contributed by atoms with Crippen molar-refractivity contribution in [3.63, 3.8) is 0 Å². The Morgan fingerprint density at radius 1 is 1.53 bits per heavy atom. The van der Waals surface area contributed by atoms with Crippen molar-refractivity contribution in [3.8, 4) is 12.3 Å². The molecule has 1 amide bonds. The third-order valence-corrected chi connectivity index (χ3v) is 2.36. The summed E-state index contributed by atoms with van der Waals surface area (Å²) in [5.41, 5.74) is 7.21. The number of terminal acetylenes is 1. The molecule has 0 fully saturated rings. The van der Waals surface area contributed by atoms with E-state index in [1.165, 1.54) is 0 Å². The molecule has 0 saturated heterocycles. The molecule has 1 aromatic carbocycles. The van der Waals surface area contributed by atoms with E-state index in [0.717, 1.165) is 5.56 Å². The van der Waals surface area contributed by atoms with Gasteiger partial charge in [-0.25, -0.2) is 0 Å². The van der Waals surface area contributed by atoms with Crippen molar-refractivity contribution in [3.05, 3.63) is 29.8 Å². The average Bonchev–Trinajstić information content (AvgIpc) is 2.28. The minimum absolute atomic E-state index is 0.173. The van der Waals surface area contributed by atoms with Crippen LogP contribution in [0.25, 0.3) is 0 Å². The fourth-order valence-electron chi connectivity index (χ4n) is 1.54. The van der Waals surface area contributed by atoms with Gasteiger partial charge in [-0.2, -0.15) is 0 Å². The van der Waals surface area contributed by atoms with E-state index >= 15 is 0 Å². The van der Waals surface area contributed by atoms with Crippen LogP contribution in [-0.4, -0.2) is 11.9 Å². The predicted molar refractivity (Wildman–Crippen MR) is 70.4 cm³/mol. The van der Waals surface area contributed by atoms with E-state index in [-0.39, 0.29) is 5.91 Å². The molecular formula is C14H18N2O. The summed E-state index contributed by atoms with van der Waals surface area (Å²) in [5.74, 6) is 2.74. The summed E-state index contributed by atoms with van der Waals surface area (Å²) in [7, 11) is 0. The minimum Gasteiger partial charge on any atom is -0.325 e. The SMILES string of the molecule is C#Cc1cccc(NC(=O)C(N)CC(C)C)c1. The van der Waals surface area contributed by atoms with Gasteiger partial charge in [0.25, 0.3) is 0 Å². The minimum atomic E-state index is -0.482. The van der Waals surface area contributed by atoms with Crippen LogP contribution in [0.3, 0.4) is 0 Å². The first-order valence-corrected chi connectivity index (χ1v) is 5.66. The molecule has 3 heteroatoms. The standard InChI is InChI=1S/C14H18N2O/c1-4-11-6-5-7-12(9-11)16-14(17)13(15)8-10(2)3/h1,5-7,9-10,13H,8,15H2,2-3H3,(H,16,17). The first kappa shape index (κ1) is 13.3. The van der Waals surface area contributed by atoms with Gasteiger partial charge in [-0.05, 0) is 30.5 Å². The molecule has 0 radical (unpaired) electrons. The number of benzene rings is 1. The van der Waals surface area contributed by atoms with Crippen LogP contribution < -0.4 is 11.1 Å². The number of hydrogen-bond acceptors (Lipinski definition) is 2. The van der Waals surface area contributed by atoms with Crippen LogP contribution >= 0.6 is 0 Å².